The molecule has 1 amide bonds. The Bertz CT molecular complexity index is 845. The summed E-state index contributed by atoms with van der Waals surface area (Å²) in [6, 6.07) is 12.0. The SMILES string of the molecule is Cc1cccc(N2C(=O)C(=Cc3ccc(O)c(O)c3)SC2=S)c1. The van der Waals surface area contributed by atoms with Gasteiger partial charge in [-0.25, -0.2) is 0 Å². The van der Waals surface area contributed by atoms with Crippen LogP contribution >= 0.6 is 24.0 Å². The zero-order valence-electron chi connectivity index (χ0n) is 12.2. The molecule has 0 aromatic heterocycles. The second kappa shape index (κ2) is 6.06. The number of amides is 1. The number of anilines is 1. The number of hydrogen-bond acceptors (Lipinski definition) is 5. The van der Waals surface area contributed by atoms with Gasteiger partial charge in [0.25, 0.3) is 5.91 Å². The summed E-state index contributed by atoms with van der Waals surface area (Å²) in [5.41, 5.74) is 2.40. The third-order valence-corrected chi connectivity index (χ3v) is 4.65. The molecule has 1 fully saturated rings. The van der Waals surface area contributed by atoms with Gasteiger partial charge >= 0.3 is 0 Å². The van der Waals surface area contributed by atoms with Crippen LogP contribution in [0, 0.1) is 6.92 Å². The molecule has 2 N–H and O–H groups in total. The summed E-state index contributed by atoms with van der Waals surface area (Å²) in [6.07, 6.45) is 1.65. The van der Waals surface area contributed by atoms with E-state index in [1.54, 1.807) is 12.1 Å². The number of aromatic hydroxyl groups is 2. The number of aryl methyl sites for hydroxylation is 1. The van der Waals surface area contributed by atoms with E-state index in [1.165, 1.54) is 28.8 Å². The van der Waals surface area contributed by atoms with Crippen LogP contribution < -0.4 is 4.90 Å². The van der Waals surface area contributed by atoms with Crippen LogP contribution in [0.3, 0.4) is 0 Å². The van der Waals surface area contributed by atoms with Gasteiger partial charge in [-0.1, -0.05) is 42.2 Å². The molecule has 23 heavy (non-hydrogen) atoms. The molecule has 0 saturated carbocycles. The third kappa shape index (κ3) is 3.09. The Balaban J connectivity index is 1.94. The predicted octanol–water partition coefficient (Wildman–Crippen LogP) is 3.81. The molecule has 0 aliphatic carbocycles. The van der Waals surface area contributed by atoms with Crippen LogP contribution in [0.1, 0.15) is 11.1 Å². The minimum atomic E-state index is -0.229. The summed E-state index contributed by atoms with van der Waals surface area (Å²) >= 11 is 6.53. The number of nitrogens with zero attached hydrogens (tertiary/aromatic N) is 1. The van der Waals surface area contributed by atoms with Gasteiger partial charge in [-0.2, -0.15) is 0 Å². The number of hydrogen-bond donors (Lipinski definition) is 2. The van der Waals surface area contributed by atoms with Crippen molar-refractivity contribution in [2.45, 2.75) is 6.92 Å². The maximum atomic E-state index is 12.6. The van der Waals surface area contributed by atoms with Crippen LogP contribution in [0.5, 0.6) is 11.5 Å². The Morgan fingerprint density at radius 3 is 2.61 bits per heavy atom. The summed E-state index contributed by atoms with van der Waals surface area (Å²) in [4.78, 5) is 14.6. The lowest BCUT2D eigenvalue weighted by atomic mass is 10.1. The van der Waals surface area contributed by atoms with Crippen molar-refractivity contribution >= 4 is 46.0 Å². The van der Waals surface area contributed by atoms with Crippen molar-refractivity contribution < 1.29 is 15.0 Å². The van der Waals surface area contributed by atoms with Crippen LogP contribution in [0.2, 0.25) is 0 Å². The number of carbonyl (C=O) groups is 1. The topological polar surface area (TPSA) is 60.8 Å². The lowest BCUT2D eigenvalue weighted by Crippen LogP contribution is -2.27. The molecule has 0 atom stereocenters. The van der Waals surface area contributed by atoms with E-state index in [0.717, 1.165) is 11.3 Å². The van der Waals surface area contributed by atoms with Gasteiger partial charge in [-0.15, -0.1) is 0 Å². The molecule has 1 heterocycles. The summed E-state index contributed by atoms with van der Waals surface area (Å²) in [5.74, 6) is -0.625. The normalized spacial score (nSPS) is 16.4. The molecular weight excluding hydrogens is 330 g/mol. The summed E-state index contributed by atoms with van der Waals surface area (Å²) in [6.45, 7) is 1.95. The average Bonchev–Trinajstić information content (AvgIpc) is 2.77. The van der Waals surface area contributed by atoms with Gasteiger partial charge in [0.15, 0.2) is 15.8 Å². The Kier molecular flexibility index (Phi) is 4.11. The lowest BCUT2D eigenvalue weighted by Gasteiger charge is -2.14. The van der Waals surface area contributed by atoms with Crippen molar-refractivity contribution in [2.24, 2.45) is 0 Å². The van der Waals surface area contributed by atoms with E-state index in [0.29, 0.717) is 14.8 Å². The van der Waals surface area contributed by atoms with Gasteiger partial charge in [-0.3, -0.25) is 9.69 Å². The molecule has 116 valence electrons. The van der Waals surface area contributed by atoms with Gasteiger partial charge in [0.05, 0.1) is 10.6 Å². The van der Waals surface area contributed by atoms with Crippen LogP contribution in [0.25, 0.3) is 6.08 Å². The highest BCUT2D eigenvalue weighted by Gasteiger charge is 2.33. The fourth-order valence-electron chi connectivity index (χ4n) is 2.24. The van der Waals surface area contributed by atoms with Gasteiger partial charge in [-0.05, 0) is 48.4 Å². The van der Waals surface area contributed by atoms with E-state index in [2.05, 4.69) is 0 Å². The largest absolute Gasteiger partial charge is 0.504 e. The standard InChI is InChI=1S/C17H13NO3S2/c1-10-3-2-4-12(7-10)18-16(21)15(23-17(18)22)9-11-5-6-13(19)14(20)8-11/h2-9,19-20H,1H3. The van der Waals surface area contributed by atoms with Gasteiger partial charge in [0.1, 0.15) is 0 Å². The van der Waals surface area contributed by atoms with Gasteiger partial charge in [0.2, 0.25) is 0 Å². The molecule has 2 aromatic carbocycles. The Hall–Kier alpha value is -2.31. The first-order valence-corrected chi connectivity index (χ1v) is 8.05. The monoisotopic (exact) mass is 343 g/mol. The van der Waals surface area contributed by atoms with Crippen LogP contribution in [0.4, 0.5) is 5.69 Å². The minimum Gasteiger partial charge on any atom is -0.504 e. The highest BCUT2D eigenvalue weighted by atomic mass is 32.2. The molecule has 0 radical (unpaired) electrons. The van der Waals surface area contributed by atoms with E-state index in [-0.39, 0.29) is 17.4 Å². The van der Waals surface area contributed by atoms with Crippen molar-refractivity contribution in [2.75, 3.05) is 4.90 Å². The number of phenolic OH excluding ortho intramolecular Hbond substituents is 2. The van der Waals surface area contributed by atoms with E-state index in [4.69, 9.17) is 12.2 Å². The zero-order valence-corrected chi connectivity index (χ0v) is 13.8. The van der Waals surface area contributed by atoms with Gasteiger partial charge in [0, 0.05) is 0 Å². The Morgan fingerprint density at radius 1 is 1.13 bits per heavy atom. The van der Waals surface area contributed by atoms with Crippen molar-refractivity contribution in [1.29, 1.82) is 0 Å². The van der Waals surface area contributed by atoms with Crippen molar-refractivity contribution in [1.82, 2.24) is 0 Å². The van der Waals surface area contributed by atoms with Gasteiger partial charge < -0.3 is 10.2 Å². The number of thioether (sulfide) groups is 1. The molecule has 3 rings (SSSR count). The maximum absolute atomic E-state index is 12.6. The van der Waals surface area contributed by atoms with Crippen LogP contribution in [0.15, 0.2) is 47.4 Å². The number of rotatable bonds is 2. The van der Waals surface area contributed by atoms with E-state index < -0.39 is 0 Å². The number of benzene rings is 2. The smallest absolute Gasteiger partial charge is 0.270 e. The maximum Gasteiger partial charge on any atom is 0.270 e. The summed E-state index contributed by atoms with van der Waals surface area (Å²) in [7, 11) is 0. The molecule has 1 aliphatic rings. The lowest BCUT2D eigenvalue weighted by molar-refractivity contribution is -0.113. The zero-order chi connectivity index (χ0) is 16.6. The fraction of sp³-hybridized carbons (Fsp3) is 0.0588. The average molecular weight is 343 g/mol. The molecule has 0 spiro atoms. The molecule has 6 heteroatoms. The fourth-order valence-corrected chi connectivity index (χ4v) is 3.54. The van der Waals surface area contributed by atoms with Crippen LogP contribution in [-0.2, 0) is 4.79 Å². The van der Waals surface area contributed by atoms with Crippen LogP contribution in [-0.4, -0.2) is 20.4 Å². The van der Waals surface area contributed by atoms with E-state index >= 15 is 0 Å². The highest BCUT2D eigenvalue weighted by Crippen LogP contribution is 2.37. The number of phenols is 2. The second-order valence-electron chi connectivity index (χ2n) is 5.10. The third-order valence-electron chi connectivity index (χ3n) is 3.35. The first-order valence-electron chi connectivity index (χ1n) is 6.82. The number of carbonyl (C=O) groups excluding carboxylic acids is 1. The van der Waals surface area contributed by atoms with Crippen molar-refractivity contribution in [3.63, 3.8) is 0 Å². The Labute approximate surface area is 143 Å². The molecular formula is C17H13NO3S2. The first kappa shape index (κ1) is 15.6. The van der Waals surface area contributed by atoms with Crippen molar-refractivity contribution in [3.8, 4) is 11.5 Å². The van der Waals surface area contributed by atoms with E-state index in [9.17, 15) is 15.0 Å². The predicted molar refractivity (Wildman–Crippen MR) is 96.6 cm³/mol. The molecule has 0 unspecified atom stereocenters. The van der Waals surface area contributed by atoms with E-state index in [1.807, 2.05) is 31.2 Å². The molecule has 2 aromatic rings. The quantitative estimate of drug-likeness (QED) is 0.493. The summed E-state index contributed by atoms with van der Waals surface area (Å²) < 4.78 is 0.467. The molecule has 1 saturated heterocycles. The highest BCUT2D eigenvalue weighted by molar-refractivity contribution is 8.27. The first-order chi connectivity index (χ1) is 11.0. The minimum absolute atomic E-state index is 0.196. The molecule has 1 aliphatic heterocycles. The molecule has 4 nitrogen and oxygen atoms in total. The molecule has 0 bridgehead atoms. The Morgan fingerprint density at radius 2 is 1.91 bits per heavy atom. The summed E-state index contributed by atoms with van der Waals surface area (Å²) in [5, 5.41) is 18.9. The van der Waals surface area contributed by atoms with Crippen molar-refractivity contribution in [3.05, 3.63) is 58.5 Å². The second-order valence-corrected chi connectivity index (χ2v) is 6.78. The number of thiocarbonyl (C=S) groups is 1.